The van der Waals surface area contributed by atoms with E-state index in [1.54, 1.807) is 11.3 Å². The average molecular weight is 234 g/mol. The molecule has 1 aromatic rings. The topological polar surface area (TPSA) is 35.8 Å². The fraction of sp³-hybridized carbons (Fsp3) is 0.615. The van der Waals surface area contributed by atoms with E-state index in [9.17, 15) is 0 Å². The molecule has 1 fully saturated rings. The largest absolute Gasteiger partial charge is 0.311 e. The summed E-state index contributed by atoms with van der Waals surface area (Å²) in [4.78, 5) is 1.26. The number of hydrogen-bond acceptors (Lipinski definition) is 3. The Morgan fingerprint density at radius 2 is 2.31 bits per heavy atom. The van der Waals surface area contributed by atoms with Crippen LogP contribution in [-0.2, 0) is 6.54 Å². The second kappa shape index (κ2) is 4.57. The molecule has 2 rings (SSSR count). The molecule has 0 aliphatic heterocycles. The lowest BCUT2D eigenvalue weighted by molar-refractivity contribution is 0.338. The van der Waals surface area contributed by atoms with Crippen LogP contribution in [0.2, 0.25) is 0 Å². The lowest BCUT2D eigenvalue weighted by Crippen LogP contribution is -2.26. The van der Waals surface area contributed by atoms with Crippen molar-refractivity contribution in [3.8, 4) is 6.07 Å². The monoisotopic (exact) mass is 234 g/mol. The van der Waals surface area contributed by atoms with E-state index >= 15 is 0 Å². The van der Waals surface area contributed by atoms with Crippen LogP contribution < -0.4 is 5.32 Å². The minimum Gasteiger partial charge on any atom is -0.311 e. The van der Waals surface area contributed by atoms with Gasteiger partial charge in [-0.15, -0.1) is 11.3 Å². The van der Waals surface area contributed by atoms with E-state index in [0.717, 1.165) is 24.6 Å². The Bertz CT molecular complexity index is 396. The highest BCUT2D eigenvalue weighted by molar-refractivity contribution is 7.10. The third kappa shape index (κ3) is 2.45. The Balaban J connectivity index is 1.78. The van der Waals surface area contributed by atoms with Gasteiger partial charge in [0, 0.05) is 23.3 Å². The van der Waals surface area contributed by atoms with Gasteiger partial charge in [0.05, 0.1) is 5.56 Å². The molecule has 0 spiro atoms. The SMILES string of the molecule is CC(C)C1(CNCc2cc(C#N)cs2)CC1. The van der Waals surface area contributed by atoms with Crippen molar-refractivity contribution in [2.45, 2.75) is 33.2 Å². The van der Waals surface area contributed by atoms with Crippen LogP contribution in [0.5, 0.6) is 0 Å². The van der Waals surface area contributed by atoms with E-state index in [4.69, 9.17) is 5.26 Å². The van der Waals surface area contributed by atoms with Gasteiger partial charge < -0.3 is 5.32 Å². The first-order valence-electron chi connectivity index (χ1n) is 5.84. The maximum Gasteiger partial charge on any atom is 0.100 e. The first-order chi connectivity index (χ1) is 7.66. The fourth-order valence-electron chi connectivity index (χ4n) is 2.09. The van der Waals surface area contributed by atoms with Gasteiger partial charge in [-0.2, -0.15) is 5.26 Å². The molecular formula is C13H18N2S. The van der Waals surface area contributed by atoms with Gasteiger partial charge in [-0.3, -0.25) is 0 Å². The lowest BCUT2D eigenvalue weighted by atomic mass is 9.92. The molecule has 0 atom stereocenters. The Morgan fingerprint density at radius 3 is 2.81 bits per heavy atom. The van der Waals surface area contributed by atoms with Crippen molar-refractivity contribution in [2.75, 3.05) is 6.54 Å². The van der Waals surface area contributed by atoms with Gasteiger partial charge in [-0.25, -0.2) is 0 Å². The highest BCUT2D eigenvalue weighted by Gasteiger charge is 2.44. The average Bonchev–Trinajstić information content (AvgIpc) is 2.91. The maximum atomic E-state index is 8.72. The molecule has 3 heteroatoms. The Labute approximate surface area is 101 Å². The van der Waals surface area contributed by atoms with Crippen LogP contribution >= 0.6 is 11.3 Å². The molecule has 16 heavy (non-hydrogen) atoms. The van der Waals surface area contributed by atoms with Crippen LogP contribution in [0.4, 0.5) is 0 Å². The third-order valence-electron chi connectivity index (χ3n) is 3.68. The second-order valence-corrected chi connectivity index (χ2v) is 6.03. The predicted octanol–water partition coefficient (Wildman–Crippen LogP) is 3.15. The Hall–Kier alpha value is -0.850. The van der Waals surface area contributed by atoms with E-state index in [-0.39, 0.29) is 0 Å². The highest BCUT2D eigenvalue weighted by atomic mass is 32.1. The molecule has 0 saturated heterocycles. The minimum absolute atomic E-state index is 0.565. The molecule has 1 heterocycles. The van der Waals surface area contributed by atoms with Crippen LogP contribution in [0.1, 0.15) is 37.1 Å². The Morgan fingerprint density at radius 1 is 1.56 bits per heavy atom. The smallest absolute Gasteiger partial charge is 0.100 e. The van der Waals surface area contributed by atoms with Crippen molar-refractivity contribution in [1.29, 1.82) is 5.26 Å². The van der Waals surface area contributed by atoms with E-state index in [1.807, 2.05) is 11.4 Å². The molecule has 86 valence electrons. The molecule has 0 radical (unpaired) electrons. The van der Waals surface area contributed by atoms with Gasteiger partial charge in [-0.05, 0) is 30.2 Å². The predicted molar refractivity (Wildman–Crippen MR) is 67.2 cm³/mol. The summed E-state index contributed by atoms with van der Waals surface area (Å²) < 4.78 is 0. The number of nitrogens with zero attached hydrogens (tertiary/aromatic N) is 1. The third-order valence-corrected chi connectivity index (χ3v) is 4.61. The zero-order valence-electron chi connectivity index (χ0n) is 9.92. The number of rotatable bonds is 5. The first-order valence-corrected chi connectivity index (χ1v) is 6.72. The molecule has 1 aromatic heterocycles. The Kier molecular flexibility index (Phi) is 3.32. The lowest BCUT2D eigenvalue weighted by Gasteiger charge is -2.19. The molecule has 1 saturated carbocycles. The summed E-state index contributed by atoms with van der Waals surface area (Å²) >= 11 is 1.67. The summed E-state index contributed by atoms with van der Waals surface area (Å²) in [7, 11) is 0. The minimum atomic E-state index is 0.565. The number of nitriles is 1. The standard InChI is InChI=1S/C13H18N2S/c1-10(2)13(3-4-13)9-15-7-12-5-11(6-14)8-16-12/h5,8,10,15H,3-4,7,9H2,1-2H3. The molecule has 1 aliphatic carbocycles. The fourth-order valence-corrected chi connectivity index (χ4v) is 2.86. The molecule has 2 nitrogen and oxygen atoms in total. The zero-order chi connectivity index (χ0) is 11.6. The van der Waals surface area contributed by atoms with Gasteiger partial charge >= 0.3 is 0 Å². The first kappa shape index (κ1) is 11.6. The van der Waals surface area contributed by atoms with Crippen LogP contribution in [0.15, 0.2) is 11.4 Å². The maximum absolute atomic E-state index is 8.72. The highest BCUT2D eigenvalue weighted by Crippen LogP contribution is 2.51. The van der Waals surface area contributed by atoms with E-state index < -0.39 is 0 Å². The second-order valence-electron chi connectivity index (χ2n) is 5.03. The van der Waals surface area contributed by atoms with Crippen LogP contribution in [0.3, 0.4) is 0 Å². The van der Waals surface area contributed by atoms with Gasteiger partial charge in [0.25, 0.3) is 0 Å². The normalized spacial score (nSPS) is 17.4. The van der Waals surface area contributed by atoms with Crippen molar-refractivity contribution in [2.24, 2.45) is 11.3 Å². The molecule has 0 bridgehead atoms. The summed E-state index contributed by atoms with van der Waals surface area (Å²) in [6.45, 7) is 6.65. The van der Waals surface area contributed by atoms with Gasteiger partial charge in [0.1, 0.15) is 6.07 Å². The summed E-state index contributed by atoms with van der Waals surface area (Å²) in [5.41, 5.74) is 1.35. The number of hydrogen-bond donors (Lipinski definition) is 1. The quantitative estimate of drug-likeness (QED) is 0.849. The zero-order valence-corrected chi connectivity index (χ0v) is 10.7. The molecule has 1 aliphatic rings. The van der Waals surface area contributed by atoms with Crippen molar-refractivity contribution in [1.82, 2.24) is 5.32 Å². The van der Waals surface area contributed by atoms with Crippen molar-refractivity contribution in [3.63, 3.8) is 0 Å². The van der Waals surface area contributed by atoms with E-state index in [0.29, 0.717) is 5.41 Å². The summed E-state index contributed by atoms with van der Waals surface area (Å²) in [5, 5.41) is 14.2. The van der Waals surface area contributed by atoms with Crippen LogP contribution in [-0.4, -0.2) is 6.54 Å². The number of nitrogens with one attached hydrogen (secondary N) is 1. The van der Waals surface area contributed by atoms with Crippen LogP contribution in [0.25, 0.3) is 0 Å². The van der Waals surface area contributed by atoms with Gasteiger partial charge in [0.15, 0.2) is 0 Å². The van der Waals surface area contributed by atoms with Crippen molar-refractivity contribution >= 4 is 11.3 Å². The van der Waals surface area contributed by atoms with Gasteiger partial charge in [0.2, 0.25) is 0 Å². The molecule has 0 unspecified atom stereocenters. The summed E-state index contributed by atoms with van der Waals surface area (Å²) in [6.07, 6.45) is 2.73. The van der Waals surface area contributed by atoms with Crippen molar-refractivity contribution < 1.29 is 0 Å². The molecule has 0 amide bonds. The number of thiophene rings is 1. The summed E-state index contributed by atoms with van der Waals surface area (Å²) in [5.74, 6) is 0.776. The molecular weight excluding hydrogens is 216 g/mol. The van der Waals surface area contributed by atoms with Crippen LogP contribution in [0, 0.1) is 22.7 Å². The summed E-state index contributed by atoms with van der Waals surface area (Å²) in [6, 6.07) is 4.15. The van der Waals surface area contributed by atoms with Crippen molar-refractivity contribution in [3.05, 3.63) is 21.9 Å². The van der Waals surface area contributed by atoms with E-state index in [2.05, 4.69) is 25.2 Å². The van der Waals surface area contributed by atoms with E-state index in [1.165, 1.54) is 17.7 Å². The van der Waals surface area contributed by atoms with Gasteiger partial charge in [-0.1, -0.05) is 13.8 Å². The molecule has 1 N–H and O–H groups in total. The molecule has 0 aromatic carbocycles.